The summed E-state index contributed by atoms with van der Waals surface area (Å²) in [6.07, 6.45) is -0.206. The first kappa shape index (κ1) is 12.0. The van der Waals surface area contributed by atoms with Gasteiger partial charge in [-0.2, -0.15) is 0 Å². The fraction of sp³-hybridized carbons (Fsp3) is 0.364. The summed E-state index contributed by atoms with van der Waals surface area (Å²) in [4.78, 5) is 10.8. The molecule has 4 heteroatoms. The third-order valence-electron chi connectivity index (χ3n) is 2.07. The smallest absolute Gasteiger partial charge is 0.216 e. The largest absolute Gasteiger partial charge is 0.375 e. The molecule has 1 aromatic rings. The molecular weight excluding hydrogens is 214 g/mol. The van der Waals surface area contributed by atoms with E-state index in [0.717, 1.165) is 5.56 Å². The van der Waals surface area contributed by atoms with E-state index in [2.05, 4.69) is 5.32 Å². The summed E-state index contributed by atoms with van der Waals surface area (Å²) in [7, 11) is 1.59. The van der Waals surface area contributed by atoms with Crippen LogP contribution in [0.2, 0.25) is 5.02 Å². The van der Waals surface area contributed by atoms with E-state index in [1.807, 2.05) is 18.2 Å². The Morgan fingerprint density at radius 3 is 2.73 bits per heavy atom. The maximum absolute atomic E-state index is 10.8. The van der Waals surface area contributed by atoms with Gasteiger partial charge < -0.3 is 10.1 Å². The van der Waals surface area contributed by atoms with Crippen molar-refractivity contribution in [1.82, 2.24) is 5.32 Å². The monoisotopic (exact) mass is 227 g/mol. The number of methoxy groups -OCH3 is 1. The first-order chi connectivity index (χ1) is 7.15. The molecule has 15 heavy (non-hydrogen) atoms. The van der Waals surface area contributed by atoms with E-state index in [1.165, 1.54) is 6.92 Å². The molecule has 0 saturated heterocycles. The zero-order valence-electron chi connectivity index (χ0n) is 8.79. The number of halogens is 1. The van der Waals surface area contributed by atoms with Crippen LogP contribution in [-0.2, 0) is 9.53 Å². The molecule has 82 valence electrons. The number of benzene rings is 1. The number of nitrogens with one attached hydrogen (secondary N) is 1. The second-order valence-electron chi connectivity index (χ2n) is 3.18. The molecule has 1 N–H and O–H groups in total. The van der Waals surface area contributed by atoms with Gasteiger partial charge in [-0.15, -0.1) is 0 Å². The van der Waals surface area contributed by atoms with Crippen molar-refractivity contribution in [3.05, 3.63) is 34.9 Å². The lowest BCUT2D eigenvalue weighted by Crippen LogP contribution is -2.26. The summed E-state index contributed by atoms with van der Waals surface area (Å²) in [5, 5.41) is 3.35. The van der Waals surface area contributed by atoms with Crippen LogP contribution < -0.4 is 5.32 Å². The minimum absolute atomic E-state index is 0.0795. The maximum atomic E-state index is 10.8. The predicted molar refractivity (Wildman–Crippen MR) is 59.9 cm³/mol. The van der Waals surface area contributed by atoms with Crippen LogP contribution in [0.15, 0.2) is 24.3 Å². The number of carbonyl (C=O) groups excluding carboxylic acids is 1. The summed E-state index contributed by atoms with van der Waals surface area (Å²) in [5.41, 5.74) is 0.885. The lowest BCUT2D eigenvalue weighted by Gasteiger charge is -2.17. The number of hydrogen-bond donors (Lipinski definition) is 1. The van der Waals surface area contributed by atoms with Gasteiger partial charge >= 0.3 is 0 Å². The van der Waals surface area contributed by atoms with Gasteiger partial charge in [0.25, 0.3) is 0 Å². The average molecular weight is 228 g/mol. The molecule has 0 aliphatic carbocycles. The van der Waals surface area contributed by atoms with Crippen molar-refractivity contribution in [3.8, 4) is 0 Å². The van der Waals surface area contributed by atoms with Crippen LogP contribution >= 0.6 is 11.6 Å². The second-order valence-corrected chi connectivity index (χ2v) is 3.59. The third-order valence-corrected chi connectivity index (χ3v) is 2.42. The van der Waals surface area contributed by atoms with Gasteiger partial charge in [0.2, 0.25) is 5.91 Å². The van der Waals surface area contributed by atoms with Gasteiger partial charge in [-0.1, -0.05) is 29.8 Å². The van der Waals surface area contributed by atoms with Crippen molar-refractivity contribution in [3.63, 3.8) is 0 Å². The molecule has 0 radical (unpaired) electrons. The zero-order chi connectivity index (χ0) is 11.3. The van der Waals surface area contributed by atoms with Gasteiger partial charge in [0.05, 0.1) is 0 Å². The van der Waals surface area contributed by atoms with Crippen LogP contribution in [0.25, 0.3) is 0 Å². The van der Waals surface area contributed by atoms with Crippen molar-refractivity contribution < 1.29 is 9.53 Å². The topological polar surface area (TPSA) is 38.3 Å². The maximum Gasteiger partial charge on any atom is 0.216 e. The number of ether oxygens (including phenoxy) is 1. The van der Waals surface area contributed by atoms with Gasteiger partial charge in [0.15, 0.2) is 0 Å². The minimum Gasteiger partial charge on any atom is -0.375 e. The Kier molecular flexibility index (Phi) is 4.59. The Morgan fingerprint density at radius 2 is 2.20 bits per heavy atom. The number of hydrogen-bond acceptors (Lipinski definition) is 2. The highest BCUT2D eigenvalue weighted by molar-refractivity contribution is 6.31. The molecule has 0 aliphatic heterocycles. The average Bonchev–Trinajstić information content (AvgIpc) is 2.21. The highest BCUT2D eigenvalue weighted by Crippen LogP contribution is 2.24. The van der Waals surface area contributed by atoms with Gasteiger partial charge in [0, 0.05) is 31.2 Å². The van der Waals surface area contributed by atoms with Crippen LogP contribution in [0.5, 0.6) is 0 Å². The van der Waals surface area contributed by atoms with E-state index < -0.39 is 0 Å². The fourth-order valence-electron chi connectivity index (χ4n) is 1.29. The first-order valence-corrected chi connectivity index (χ1v) is 5.04. The Balaban J connectivity index is 2.74. The Morgan fingerprint density at radius 1 is 1.53 bits per heavy atom. The Bertz CT molecular complexity index is 341. The SMILES string of the molecule is COC(CNC(C)=O)c1ccccc1Cl. The molecule has 0 heterocycles. The summed E-state index contributed by atoms with van der Waals surface area (Å²) in [6, 6.07) is 7.44. The normalized spacial score (nSPS) is 12.2. The Hall–Kier alpha value is -1.06. The van der Waals surface area contributed by atoms with Crippen LogP contribution in [0.3, 0.4) is 0 Å². The van der Waals surface area contributed by atoms with E-state index in [9.17, 15) is 4.79 Å². The molecule has 0 spiro atoms. The van der Waals surface area contributed by atoms with Crippen molar-refractivity contribution in [2.24, 2.45) is 0 Å². The van der Waals surface area contributed by atoms with E-state index in [1.54, 1.807) is 13.2 Å². The lowest BCUT2D eigenvalue weighted by atomic mass is 10.1. The van der Waals surface area contributed by atoms with E-state index in [4.69, 9.17) is 16.3 Å². The molecule has 0 aromatic heterocycles. The molecule has 1 unspecified atom stereocenters. The number of rotatable bonds is 4. The molecule has 0 fully saturated rings. The van der Waals surface area contributed by atoms with E-state index in [-0.39, 0.29) is 12.0 Å². The van der Waals surface area contributed by atoms with Crippen molar-refractivity contribution in [2.45, 2.75) is 13.0 Å². The predicted octanol–water partition coefficient (Wildman–Crippen LogP) is 2.16. The molecule has 1 aromatic carbocycles. The van der Waals surface area contributed by atoms with Gasteiger partial charge in [-0.3, -0.25) is 4.79 Å². The van der Waals surface area contributed by atoms with Crippen molar-refractivity contribution in [2.75, 3.05) is 13.7 Å². The second kappa shape index (κ2) is 5.73. The third kappa shape index (κ3) is 3.53. The first-order valence-electron chi connectivity index (χ1n) is 4.66. The van der Waals surface area contributed by atoms with Crippen LogP contribution in [0.1, 0.15) is 18.6 Å². The summed E-state index contributed by atoms with van der Waals surface area (Å²) >= 11 is 6.02. The highest BCUT2D eigenvalue weighted by Gasteiger charge is 2.13. The van der Waals surface area contributed by atoms with Crippen molar-refractivity contribution >= 4 is 17.5 Å². The highest BCUT2D eigenvalue weighted by atomic mass is 35.5. The molecule has 1 amide bonds. The molecule has 0 saturated carbocycles. The summed E-state index contributed by atoms with van der Waals surface area (Å²) < 4.78 is 5.27. The minimum atomic E-state index is -0.206. The lowest BCUT2D eigenvalue weighted by molar-refractivity contribution is -0.119. The molecule has 3 nitrogen and oxygen atoms in total. The standard InChI is InChI=1S/C11H14ClNO2/c1-8(14)13-7-11(15-2)9-5-3-4-6-10(9)12/h3-6,11H,7H2,1-2H3,(H,13,14). The molecule has 0 aliphatic rings. The molecule has 1 rings (SSSR count). The molecular formula is C11H14ClNO2. The van der Waals surface area contributed by atoms with Crippen LogP contribution in [0, 0.1) is 0 Å². The van der Waals surface area contributed by atoms with Crippen LogP contribution in [0.4, 0.5) is 0 Å². The van der Waals surface area contributed by atoms with Crippen LogP contribution in [-0.4, -0.2) is 19.6 Å². The van der Waals surface area contributed by atoms with E-state index in [0.29, 0.717) is 11.6 Å². The van der Waals surface area contributed by atoms with E-state index >= 15 is 0 Å². The zero-order valence-corrected chi connectivity index (χ0v) is 9.54. The Labute approximate surface area is 94.4 Å². The fourth-order valence-corrected chi connectivity index (χ4v) is 1.55. The number of carbonyl (C=O) groups is 1. The molecule has 0 bridgehead atoms. The number of amides is 1. The summed E-state index contributed by atoms with van der Waals surface area (Å²) in [5.74, 6) is -0.0795. The summed E-state index contributed by atoms with van der Waals surface area (Å²) in [6.45, 7) is 1.90. The van der Waals surface area contributed by atoms with Gasteiger partial charge in [0.1, 0.15) is 6.10 Å². The van der Waals surface area contributed by atoms with Gasteiger partial charge in [-0.05, 0) is 6.07 Å². The van der Waals surface area contributed by atoms with Crippen molar-refractivity contribution in [1.29, 1.82) is 0 Å². The quantitative estimate of drug-likeness (QED) is 0.856. The van der Waals surface area contributed by atoms with Gasteiger partial charge in [-0.25, -0.2) is 0 Å². The molecule has 1 atom stereocenters.